The van der Waals surface area contributed by atoms with Crippen LogP contribution in [0.1, 0.15) is 89.6 Å². The Balaban J connectivity index is 0.00000274. The lowest BCUT2D eigenvalue weighted by Crippen LogP contribution is -2.68. The SMILES string of the molecule is C=CC(=O)N1CC[C@]2(CCN2C(=O)N(C)[C@H](C(=O)N[C@H]2Cc3nc(cs3)-c3ccc4c(c3)c(c(-c3cccnc3[C@H](C)OC)n4CC)CC(C)(C)COC(=O)[C@@H]3CCCN(N3)C2=O)C(C)C)C1.S.S.S.S.S. The lowest BCUT2D eigenvalue weighted by Gasteiger charge is -2.52. The van der Waals surface area contributed by atoms with Crippen molar-refractivity contribution in [1.29, 1.82) is 0 Å². The molecule has 6 bridgehead atoms. The van der Waals surface area contributed by atoms with Gasteiger partial charge in [-0.2, -0.15) is 67.5 Å². The quantitative estimate of drug-likeness (QED) is 0.136. The second-order valence-corrected chi connectivity index (χ2v) is 20.6. The molecule has 72 heavy (non-hydrogen) atoms. The summed E-state index contributed by atoms with van der Waals surface area (Å²) in [6.45, 7) is 18.3. The van der Waals surface area contributed by atoms with Crippen LogP contribution in [0.15, 0.2) is 54.6 Å². The van der Waals surface area contributed by atoms with Crippen molar-refractivity contribution in [3.8, 4) is 22.5 Å². The van der Waals surface area contributed by atoms with Gasteiger partial charge in [0.05, 0.1) is 40.3 Å². The molecule has 4 aliphatic rings. The molecule has 5 atom stereocenters. The number of aromatic nitrogens is 3. The molecule has 2 N–H and O–H groups in total. The van der Waals surface area contributed by atoms with E-state index in [1.165, 1.54) is 27.3 Å². The van der Waals surface area contributed by atoms with Gasteiger partial charge in [0.15, 0.2) is 0 Å². The first-order valence-corrected chi connectivity index (χ1v) is 24.5. The smallest absolute Gasteiger partial charge is 0.324 e. The zero-order chi connectivity index (χ0) is 47.9. The Bertz CT molecular complexity index is 2590. The van der Waals surface area contributed by atoms with Gasteiger partial charge in [0.25, 0.3) is 5.91 Å². The molecule has 1 aromatic carbocycles. The largest absolute Gasteiger partial charge is 0.464 e. The topological polar surface area (TPSA) is 172 Å². The van der Waals surface area contributed by atoms with Crippen molar-refractivity contribution in [3.63, 3.8) is 0 Å². The normalized spacial score (nSPS) is 21.3. The molecule has 3 aromatic heterocycles. The summed E-state index contributed by atoms with van der Waals surface area (Å²) in [5.74, 6) is -1.84. The number of hydrogen-bond donors (Lipinski definition) is 2. The van der Waals surface area contributed by atoms with Gasteiger partial charge in [-0.15, -0.1) is 11.3 Å². The van der Waals surface area contributed by atoms with Crippen LogP contribution in [0.5, 0.6) is 0 Å². The van der Waals surface area contributed by atoms with E-state index in [1.807, 2.05) is 32.2 Å². The van der Waals surface area contributed by atoms with Crippen molar-refractivity contribution in [1.82, 2.24) is 45.0 Å². The molecule has 1 spiro atoms. The van der Waals surface area contributed by atoms with Crippen molar-refractivity contribution >= 4 is 119 Å². The van der Waals surface area contributed by atoms with Gasteiger partial charge in [-0.05, 0) is 87.8 Å². The van der Waals surface area contributed by atoms with Crippen LogP contribution < -0.4 is 10.7 Å². The monoisotopic (exact) mass is 1110 g/mol. The lowest BCUT2D eigenvalue weighted by molar-refractivity contribution is -0.155. The maximum Gasteiger partial charge on any atom is 0.324 e. The van der Waals surface area contributed by atoms with E-state index in [0.717, 1.165) is 51.1 Å². The van der Waals surface area contributed by atoms with Crippen molar-refractivity contribution in [2.75, 3.05) is 46.9 Å². The van der Waals surface area contributed by atoms with Gasteiger partial charge in [0.2, 0.25) is 11.8 Å². The number of pyridine rings is 1. The van der Waals surface area contributed by atoms with Crippen molar-refractivity contribution in [2.45, 2.75) is 116 Å². The number of urea groups is 1. The summed E-state index contributed by atoms with van der Waals surface area (Å²) in [5, 5.41) is 8.14. The van der Waals surface area contributed by atoms with E-state index in [1.54, 1.807) is 30.2 Å². The molecule has 16 nitrogen and oxygen atoms in total. The molecule has 0 saturated carbocycles. The third-order valence-corrected chi connectivity index (χ3v) is 15.1. The number of nitrogens with zero attached hydrogens (tertiary/aromatic N) is 7. The number of rotatable bonds is 9. The number of nitrogens with one attached hydrogen (secondary N) is 2. The van der Waals surface area contributed by atoms with Crippen LogP contribution in [0, 0.1) is 11.3 Å². The Kier molecular flexibility index (Phi) is 22.1. The molecular formula is C50H75N9O7S6. The van der Waals surface area contributed by atoms with Crippen LogP contribution in [-0.2, 0) is 48.0 Å². The molecule has 4 aliphatic heterocycles. The number of benzene rings is 1. The molecule has 0 unspecified atom stereocenters. The van der Waals surface area contributed by atoms with Crippen molar-refractivity contribution in [3.05, 3.63) is 70.8 Å². The number of likely N-dealkylation sites (tertiary alicyclic amines) is 2. The van der Waals surface area contributed by atoms with Gasteiger partial charge >= 0.3 is 12.0 Å². The minimum Gasteiger partial charge on any atom is -0.464 e. The zero-order valence-corrected chi connectivity index (χ0v) is 48.4. The van der Waals surface area contributed by atoms with E-state index >= 15 is 0 Å². The fourth-order valence-electron chi connectivity index (χ4n) is 10.5. The summed E-state index contributed by atoms with van der Waals surface area (Å²) in [7, 11) is 3.31. The van der Waals surface area contributed by atoms with Crippen molar-refractivity contribution < 1.29 is 33.4 Å². The number of likely N-dealkylation sites (N-methyl/N-ethyl adjacent to an activating group) is 1. The van der Waals surface area contributed by atoms with Gasteiger partial charge in [-0.1, -0.05) is 40.3 Å². The zero-order valence-electron chi connectivity index (χ0n) is 42.6. The van der Waals surface area contributed by atoms with E-state index in [2.05, 4.69) is 66.9 Å². The van der Waals surface area contributed by atoms with Crippen LogP contribution in [0.4, 0.5) is 4.79 Å². The summed E-state index contributed by atoms with van der Waals surface area (Å²) >= 11 is 1.41. The fourth-order valence-corrected chi connectivity index (χ4v) is 11.3. The minimum absolute atomic E-state index is 0. The Labute approximate surface area is 463 Å². The average molecular weight is 1110 g/mol. The Morgan fingerprint density at radius 3 is 2.44 bits per heavy atom. The molecular weight excluding hydrogens is 1030 g/mol. The maximum absolute atomic E-state index is 14.7. The summed E-state index contributed by atoms with van der Waals surface area (Å²) < 4.78 is 14.3. The summed E-state index contributed by atoms with van der Waals surface area (Å²) in [4.78, 5) is 84.8. The first-order chi connectivity index (χ1) is 32.0. The van der Waals surface area contributed by atoms with E-state index in [-0.39, 0.29) is 104 Å². The Morgan fingerprint density at radius 1 is 1.07 bits per heavy atom. The Morgan fingerprint density at radius 2 is 1.79 bits per heavy atom. The average Bonchev–Trinajstić information content (AvgIpc) is 4.06. The molecule has 8 rings (SSSR count). The van der Waals surface area contributed by atoms with Gasteiger partial charge in [0.1, 0.15) is 18.1 Å². The molecule has 5 amide bonds. The van der Waals surface area contributed by atoms with Gasteiger partial charge in [-0.25, -0.2) is 15.2 Å². The number of carbonyl (C=O) groups is 5. The third-order valence-electron chi connectivity index (χ3n) is 14.2. The van der Waals surface area contributed by atoms with Crippen molar-refractivity contribution in [2.24, 2.45) is 11.3 Å². The highest BCUT2D eigenvalue weighted by Crippen LogP contribution is 2.43. The summed E-state index contributed by atoms with van der Waals surface area (Å²) in [6, 6.07) is 7.32. The van der Waals surface area contributed by atoms with Crippen LogP contribution in [0.25, 0.3) is 33.4 Å². The highest BCUT2D eigenvalue weighted by Gasteiger charge is 2.53. The standard InChI is InChI=1S/C50H65N9O7S.5H2S/c1-10-41(60)56-22-18-50(28-56)19-23-58(50)48(64)55(8)43(30(3)4)45(61)53-37-25-40-52-38(27-67-40)32-16-17-39-34(24-32)35(44(57(39)11-2)33-14-12-20-51-42(33)31(5)65-9)26-49(6,7)29-66-47(63)36-15-13-21-59(54-36)46(37)62;;;;;/h10,12,14,16-17,20,24,27,30-31,36-37,43,54H,1,11,13,15,18-19,21-23,25-26,28-29H2,2-9H3,(H,53,61);5*1H2/t31-,36-,37-,43-,50-;;;;;/m0...../s1. The number of ether oxygens (including phenoxy) is 2. The van der Waals surface area contributed by atoms with Crippen LogP contribution in [-0.4, -0.2) is 135 Å². The lowest BCUT2D eigenvalue weighted by atomic mass is 9.84. The molecule has 3 fully saturated rings. The Hall–Kier alpha value is -3.90. The van der Waals surface area contributed by atoms with Gasteiger partial charge < -0.3 is 34.1 Å². The number of hydrogen-bond acceptors (Lipinski definition) is 11. The maximum atomic E-state index is 14.7. The molecule has 398 valence electrons. The number of cyclic esters (lactones) is 1. The summed E-state index contributed by atoms with van der Waals surface area (Å²) in [6.07, 6.45) is 5.89. The molecule has 0 aliphatic carbocycles. The minimum atomic E-state index is -1.08. The number of fused-ring (bicyclic) bond motifs is 6. The van der Waals surface area contributed by atoms with E-state index in [9.17, 15) is 24.0 Å². The third kappa shape index (κ3) is 12.3. The second-order valence-electron chi connectivity index (χ2n) is 19.7. The fraction of sp³-hybridized carbons (Fsp3) is 0.540. The summed E-state index contributed by atoms with van der Waals surface area (Å²) in [5.41, 5.74) is 8.79. The van der Waals surface area contributed by atoms with E-state index in [4.69, 9.17) is 19.4 Å². The number of amides is 5. The second kappa shape index (κ2) is 25.6. The van der Waals surface area contributed by atoms with Crippen LogP contribution >= 0.6 is 78.8 Å². The van der Waals surface area contributed by atoms with Crippen LogP contribution in [0.3, 0.4) is 0 Å². The molecule has 0 radical (unpaired) electrons. The molecule has 3 saturated heterocycles. The van der Waals surface area contributed by atoms with Gasteiger partial charge in [0, 0.05) is 92.3 Å². The first-order valence-electron chi connectivity index (χ1n) is 23.6. The highest BCUT2D eigenvalue weighted by atomic mass is 32.1. The number of esters is 1. The number of thiazole rings is 1. The first kappa shape index (κ1) is 62.4. The van der Waals surface area contributed by atoms with E-state index < -0.39 is 46.9 Å². The van der Waals surface area contributed by atoms with E-state index in [0.29, 0.717) is 63.4 Å². The van der Waals surface area contributed by atoms with Gasteiger partial charge in [-0.3, -0.25) is 29.2 Å². The number of hydrazine groups is 1. The molecule has 4 aromatic rings. The highest BCUT2D eigenvalue weighted by molar-refractivity contribution is 7.60. The molecule has 22 heteroatoms. The predicted molar refractivity (Wildman–Crippen MR) is 308 cm³/mol. The molecule has 7 heterocycles. The predicted octanol–water partition coefficient (Wildman–Crippen LogP) is 6.71. The number of aryl methyl sites for hydroxylation is 1. The number of carbonyl (C=O) groups excluding carboxylic acids is 5. The van der Waals surface area contributed by atoms with Crippen LogP contribution in [0.2, 0.25) is 0 Å². The number of methoxy groups -OCH3 is 1.